The van der Waals surface area contributed by atoms with Crippen molar-refractivity contribution in [2.24, 2.45) is 0 Å². The van der Waals surface area contributed by atoms with Crippen LogP contribution >= 0.6 is 39.0 Å². The topological polar surface area (TPSA) is 61.0 Å². The first-order chi connectivity index (χ1) is 11.1. The van der Waals surface area contributed by atoms with E-state index in [2.05, 4.69) is 31.1 Å². The fourth-order valence-electron chi connectivity index (χ4n) is 1.96. The second-order valence-corrected chi connectivity index (χ2v) is 7.60. The molecule has 1 aromatic carbocycles. The highest BCUT2D eigenvalue weighted by atomic mass is 79.9. The summed E-state index contributed by atoms with van der Waals surface area (Å²) in [4.78, 5) is 4.40. The van der Waals surface area contributed by atoms with Crippen LogP contribution in [0, 0.1) is 6.92 Å². The molecule has 0 fully saturated rings. The van der Waals surface area contributed by atoms with Crippen molar-refractivity contribution in [2.75, 3.05) is 7.11 Å². The Labute approximate surface area is 150 Å². The number of aromatic nitrogens is 3. The van der Waals surface area contributed by atoms with Gasteiger partial charge < -0.3 is 9.15 Å². The maximum Gasteiger partial charge on any atom is 0.276 e. The van der Waals surface area contributed by atoms with Crippen LogP contribution in [0.25, 0.3) is 0 Å². The summed E-state index contributed by atoms with van der Waals surface area (Å²) in [6.45, 7) is 1.98. The molecule has 3 aromatic rings. The smallest absolute Gasteiger partial charge is 0.276 e. The summed E-state index contributed by atoms with van der Waals surface area (Å²) in [5, 5.41) is 11.8. The molecule has 0 saturated carbocycles. The molecule has 2 aromatic heterocycles. The van der Waals surface area contributed by atoms with Crippen LogP contribution in [0.3, 0.4) is 0 Å². The van der Waals surface area contributed by atoms with Crippen molar-refractivity contribution in [3.63, 3.8) is 0 Å². The maximum atomic E-state index is 5.66. The number of hydrogen-bond donors (Lipinski definition) is 0. The molecule has 0 saturated heterocycles. The van der Waals surface area contributed by atoms with E-state index in [1.807, 2.05) is 30.5 Å². The fourth-order valence-corrected chi connectivity index (χ4v) is 3.88. The van der Waals surface area contributed by atoms with Crippen LogP contribution in [0.4, 0.5) is 0 Å². The van der Waals surface area contributed by atoms with Crippen molar-refractivity contribution in [3.05, 3.63) is 50.2 Å². The average molecular weight is 412 g/mol. The molecular formula is C15H14BrN3O2S2. The van der Waals surface area contributed by atoms with Gasteiger partial charge in [0.15, 0.2) is 0 Å². The van der Waals surface area contributed by atoms with Gasteiger partial charge in [0, 0.05) is 11.1 Å². The van der Waals surface area contributed by atoms with Crippen molar-refractivity contribution in [2.45, 2.75) is 24.3 Å². The zero-order chi connectivity index (χ0) is 16.2. The minimum atomic E-state index is 0.568. The number of hydrogen-bond acceptors (Lipinski definition) is 7. The van der Waals surface area contributed by atoms with Gasteiger partial charge in [0.05, 0.1) is 28.7 Å². The Kier molecular flexibility index (Phi) is 5.34. The maximum absolute atomic E-state index is 5.66. The van der Waals surface area contributed by atoms with Crippen molar-refractivity contribution in [1.82, 2.24) is 15.2 Å². The van der Waals surface area contributed by atoms with E-state index in [0.29, 0.717) is 17.5 Å². The molecule has 0 aliphatic carbocycles. The third-order valence-electron chi connectivity index (χ3n) is 3.03. The molecule has 3 rings (SSSR count). The Morgan fingerprint density at radius 3 is 2.91 bits per heavy atom. The molecule has 0 amide bonds. The minimum absolute atomic E-state index is 0.568. The summed E-state index contributed by atoms with van der Waals surface area (Å²) in [5.74, 6) is 2.16. The predicted molar refractivity (Wildman–Crippen MR) is 94.2 cm³/mol. The molecule has 0 unspecified atom stereocenters. The Bertz CT molecular complexity index is 804. The van der Waals surface area contributed by atoms with E-state index in [0.717, 1.165) is 32.2 Å². The van der Waals surface area contributed by atoms with Crippen molar-refractivity contribution in [1.29, 1.82) is 0 Å². The number of ether oxygens (including phenoxy) is 1. The van der Waals surface area contributed by atoms with Gasteiger partial charge in [-0.1, -0.05) is 17.8 Å². The summed E-state index contributed by atoms with van der Waals surface area (Å²) in [5.41, 5.74) is 2.12. The molecule has 0 aliphatic rings. The molecule has 0 atom stereocenters. The highest BCUT2D eigenvalue weighted by Crippen LogP contribution is 2.29. The molecule has 8 heteroatoms. The lowest BCUT2D eigenvalue weighted by Crippen LogP contribution is -1.88. The number of thiazole rings is 1. The second-order valence-electron chi connectivity index (χ2n) is 4.75. The second kappa shape index (κ2) is 7.46. The van der Waals surface area contributed by atoms with E-state index in [1.165, 1.54) is 11.8 Å². The zero-order valence-corrected chi connectivity index (χ0v) is 15.8. The quantitative estimate of drug-likeness (QED) is 0.556. The first kappa shape index (κ1) is 16.5. The monoisotopic (exact) mass is 411 g/mol. The number of nitrogens with zero attached hydrogens (tertiary/aromatic N) is 3. The van der Waals surface area contributed by atoms with Crippen LogP contribution in [0.1, 0.15) is 22.2 Å². The van der Waals surface area contributed by atoms with Crippen LogP contribution in [-0.4, -0.2) is 22.3 Å². The fraction of sp³-hybridized carbons (Fsp3) is 0.267. The molecule has 0 spiro atoms. The molecule has 2 heterocycles. The van der Waals surface area contributed by atoms with Crippen LogP contribution in [0.15, 0.2) is 37.7 Å². The van der Waals surface area contributed by atoms with Crippen molar-refractivity contribution >= 4 is 39.0 Å². The van der Waals surface area contributed by atoms with Gasteiger partial charge in [-0.3, -0.25) is 0 Å². The third-order valence-corrected chi connectivity index (χ3v) is 5.36. The molecule has 0 bridgehead atoms. The molecule has 0 aliphatic heterocycles. The lowest BCUT2D eigenvalue weighted by atomic mass is 10.2. The summed E-state index contributed by atoms with van der Waals surface area (Å²) in [6, 6.07) is 5.98. The number of benzene rings is 1. The van der Waals surface area contributed by atoms with Crippen molar-refractivity contribution < 1.29 is 9.15 Å². The Balaban J connectivity index is 1.59. The number of halogens is 1. The van der Waals surface area contributed by atoms with Gasteiger partial charge in [0.25, 0.3) is 5.22 Å². The molecule has 120 valence electrons. The third kappa shape index (κ3) is 4.33. The van der Waals surface area contributed by atoms with Crippen LogP contribution in [0.2, 0.25) is 0 Å². The molecule has 5 nitrogen and oxygen atoms in total. The van der Waals surface area contributed by atoms with Gasteiger partial charge in [-0.2, -0.15) is 0 Å². The van der Waals surface area contributed by atoms with Gasteiger partial charge in [-0.25, -0.2) is 4.98 Å². The lowest BCUT2D eigenvalue weighted by molar-refractivity contribution is 0.412. The largest absolute Gasteiger partial charge is 0.496 e. The first-order valence-corrected chi connectivity index (χ1v) is 9.48. The molecule has 0 radical (unpaired) electrons. The van der Waals surface area contributed by atoms with Crippen LogP contribution in [-0.2, 0) is 12.2 Å². The summed E-state index contributed by atoms with van der Waals surface area (Å²) < 4.78 is 11.8. The average Bonchev–Trinajstić information content (AvgIpc) is 3.15. The van der Waals surface area contributed by atoms with E-state index in [1.54, 1.807) is 18.4 Å². The van der Waals surface area contributed by atoms with Gasteiger partial charge in [0.1, 0.15) is 5.75 Å². The SMILES string of the molecule is COc1ccc(CSc2nnc(Cc3csc(C)n3)o2)cc1Br. The summed E-state index contributed by atoms with van der Waals surface area (Å²) in [7, 11) is 1.65. The Hall–Kier alpha value is -1.38. The van der Waals surface area contributed by atoms with Crippen LogP contribution < -0.4 is 4.74 Å². The standard InChI is InChI=1S/C15H14BrN3O2S2/c1-9-17-11(8-22-9)6-14-18-19-15(21-14)23-7-10-3-4-13(20-2)12(16)5-10/h3-5,8H,6-7H2,1-2H3. The van der Waals surface area contributed by atoms with E-state index in [-0.39, 0.29) is 0 Å². The Morgan fingerprint density at radius 2 is 2.22 bits per heavy atom. The van der Waals surface area contributed by atoms with Crippen molar-refractivity contribution in [3.8, 4) is 5.75 Å². The van der Waals surface area contributed by atoms with E-state index in [9.17, 15) is 0 Å². The highest BCUT2D eigenvalue weighted by Gasteiger charge is 2.10. The Morgan fingerprint density at radius 1 is 1.35 bits per heavy atom. The van der Waals surface area contributed by atoms with Gasteiger partial charge in [-0.05, 0) is 40.5 Å². The first-order valence-electron chi connectivity index (χ1n) is 6.82. The van der Waals surface area contributed by atoms with E-state index in [4.69, 9.17) is 9.15 Å². The predicted octanol–water partition coefficient (Wildman–Crippen LogP) is 4.49. The van der Waals surface area contributed by atoms with E-state index < -0.39 is 0 Å². The summed E-state index contributed by atoms with van der Waals surface area (Å²) in [6.07, 6.45) is 0.575. The normalized spacial score (nSPS) is 10.9. The zero-order valence-electron chi connectivity index (χ0n) is 12.6. The van der Waals surface area contributed by atoms with Gasteiger partial charge >= 0.3 is 0 Å². The number of rotatable bonds is 6. The van der Waals surface area contributed by atoms with E-state index >= 15 is 0 Å². The minimum Gasteiger partial charge on any atom is -0.496 e. The highest BCUT2D eigenvalue weighted by molar-refractivity contribution is 9.10. The molecular weight excluding hydrogens is 398 g/mol. The number of thioether (sulfide) groups is 1. The lowest BCUT2D eigenvalue weighted by Gasteiger charge is -2.05. The number of methoxy groups -OCH3 is 1. The number of aryl methyl sites for hydroxylation is 1. The summed E-state index contributed by atoms with van der Waals surface area (Å²) >= 11 is 6.62. The van der Waals surface area contributed by atoms with Crippen LogP contribution in [0.5, 0.6) is 5.75 Å². The molecule has 0 N–H and O–H groups in total. The van der Waals surface area contributed by atoms with Gasteiger partial charge in [0.2, 0.25) is 5.89 Å². The molecule has 23 heavy (non-hydrogen) atoms. The van der Waals surface area contributed by atoms with Gasteiger partial charge in [-0.15, -0.1) is 21.5 Å².